The molecule has 3 aromatic rings. The fraction of sp³-hybridized carbons (Fsp3) is 0.0625. The molecule has 0 unspecified atom stereocenters. The minimum Gasteiger partial charge on any atom is -0.351 e. The third-order valence-electron chi connectivity index (χ3n) is 3.44. The second-order valence-electron chi connectivity index (χ2n) is 5.03. The lowest BCUT2D eigenvalue weighted by molar-refractivity contribution is 0.259. The fourth-order valence-corrected chi connectivity index (χ4v) is 2.41. The summed E-state index contributed by atoms with van der Waals surface area (Å²) in [6.07, 6.45) is 0.366. The molecule has 6 nitrogen and oxygen atoms in total. The van der Waals surface area contributed by atoms with E-state index in [-0.39, 0.29) is 11.2 Å². The van der Waals surface area contributed by atoms with E-state index in [9.17, 15) is 14.0 Å². The molecule has 0 fully saturated rings. The van der Waals surface area contributed by atoms with Crippen molar-refractivity contribution in [2.75, 3.05) is 5.32 Å². The molecular formula is C16H13FN4O2. The summed E-state index contributed by atoms with van der Waals surface area (Å²) in [4.78, 5) is 22.7. The van der Waals surface area contributed by atoms with Gasteiger partial charge >= 0.3 is 6.03 Å². The predicted molar refractivity (Wildman–Crippen MR) is 84.8 cm³/mol. The van der Waals surface area contributed by atoms with Crippen LogP contribution in [0.4, 0.5) is 14.9 Å². The van der Waals surface area contributed by atoms with Crippen LogP contribution in [0, 0.1) is 5.82 Å². The lowest BCUT2D eigenvalue weighted by Crippen LogP contribution is -2.20. The number of nitrogens with zero attached hydrogens (tertiary/aromatic N) is 1. The molecule has 0 aliphatic rings. The van der Waals surface area contributed by atoms with Crippen LogP contribution >= 0.6 is 0 Å². The Morgan fingerprint density at radius 3 is 2.70 bits per heavy atom. The van der Waals surface area contributed by atoms with E-state index >= 15 is 0 Å². The molecule has 0 saturated carbocycles. The van der Waals surface area contributed by atoms with Gasteiger partial charge in [-0.1, -0.05) is 24.3 Å². The van der Waals surface area contributed by atoms with E-state index in [1.54, 1.807) is 24.3 Å². The van der Waals surface area contributed by atoms with Crippen LogP contribution in [0.1, 0.15) is 11.3 Å². The molecule has 0 saturated heterocycles. The molecule has 3 rings (SSSR count). The number of aromatic amines is 1. The Balaban J connectivity index is 2.01. The molecule has 4 N–H and O–H groups in total. The smallest absolute Gasteiger partial charge is 0.316 e. The summed E-state index contributed by atoms with van der Waals surface area (Å²) in [6.45, 7) is 0. The van der Waals surface area contributed by atoms with Crippen LogP contribution in [0.5, 0.6) is 0 Å². The van der Waals surface area contributed by atoms with E-state index in [0.29, 0.717) is 17.5 Å². The van der Waals surface area contributed by atoms with Crippen LogP contribution in [0.15, 0.2) is 47.3 Å². The molecule has 0 aliphatic heterocycles. The van der Waals surface area contributed by atoms with Crippen molar-refractivity contribution >= 4 is 22.5 Å². The Hall–Kier alpha value is -3.22. The van der Waals surface area contributed by atoms with Gasteiger partial charge in [0.1, 0.15) is 5.82 Å². The molecule has 0 atom stereocenters. The zero-order valence-electron chi connectivity index (χ0n) is 12.0. The van der Waals surface area contributed by atoms with Gasteiger partial charge in [-0.25, -0.2) is 14.3 Å². The summed E-state index contributed by atoms with van der Waals surface area (Å²) in [5, 5.41) is 10.0. The second kappa shape index (κ2) is 5.88. The summed E-state index contributed by atoms with van der Waals surface area (Å²) >= 11 is 0. The Labute approximate surface area is 130 Å². The third-order valence-corrected chi connectivity index (χ3v) is 3.44. The highest BCUT2D eigenvalue weighted by Crippen LogP contribution is 2.20. The quantitative estimate of drug-likeness (QED) is 0.690. The van der Waals surface area contributed by atoms with E-state index in [1.165, 1.54) is 12.1 Å². The van der Waals surface area contributed by atoms with Gasteiger partial charge in [-0.05, 0) is 23.8 Å². The molecule has 1 aromatic heterocycles. The van der Waals surface area contributed by atoms with Gasteiger partial charge in [0.15, 0.2) is 0 Å². The van der Waals surface area contributed by atoms with E-state index < -0.39 is 11.8 Å². The minimum atomic E-state index is -0.839. The van der Waals surface area contributed by atoms with Crippen LogP contribution in [0.3, 0.4) is 0 Å². The number of urea groups is 1. The van der Waals surface area contributed by atoms with Gasteiger partial charge < -0.3 is 11.1 Å². The number of hydrogen-bond donors (Lipinski definition) is 3. The first-order valence-electron chi connectivity index (χ1n) is 6.86. The average molecular weight is 312 g/mol. The SMILES string of the molecule is NC(=O)Nc1cc(Cc2n[nH]c(=O)c3ccccc23)ccc1F. The second-order valence-corrected chi connectivity index (χ2v) is 5.03. The molecule has 2 aromatic carbocycles. The van der Waals surface area contributed by atoms with E-state index in [4.69, 9.17) is 5.73 Å². The van der Waals surface area contributed by atoms with Gasteiger partial charge in [-0.3, -0.25) is 4.79 Å². The molecule has 2 amide bonds. The van der Waals surface area contributed by atoms with Crippen LogP contribution in [0.25, 0.3) is 10.8 Å². The molecular weight excluding hydrogens is 299 g/mol. The number of nitrogens with two attached hydrogens (primary N) is 1. The van der Waals surface area contributed by atoms with Crippen molar-refractivity contribution in [3.63, 3.8) is 0 Å². The van der Waals surface area contributed by atoms with Crippen molar-refractivity contribution in [3.05, 3.63) is 69.9 Å². The molecule has 7 heteroatoms. The number of carbonyl (C=O) groups excluding carboxylic acids is 1. The average Bonchev–Trinajstić information content (AvgIpc) is 2.53. The molecule has 23 heavy (non-hydrogen) atoms. The van der Waals surface area contributed by atoms with Crippen LogP contribution in [0.2, 0.25) is 0 Å². The Bertz CT molecular complexity index is 952. The Kier molecular flexibility index (Phi) is 3.76. The number of H-pyrrole nitrogens is 1. The van der Waals surface area contributed by atoms with Crippen molar-refractivity contribution in [2.24, 2.45) is 5.73 Å². The molecule has 0 spiro atoms. The summed E-state index contributed by atoms with van der Waals surface area (Å²) in [6, 6.07) is 10.6. The maximum atomic E-state index is 13.6. The fourth-order valence-electron chi connectivity index (χ4n) is 2.41. The predicted octanol–water partition coefficient (Wildman–Crippen LogP) is 2.14. The molecule has 0 radical (unpaired) electrons. The van der Waals surface area contributed by atoms with Crippen LogP contribution in [-0.4, -0.2) is 16.2 Å². The van der Waals surface area contributed by atoms with Crippen molar-refractivity contribution in [1.29, 1.82) is 0 Å². The Morgan fingerprint density at radius 1 is 1.22 bits per heavy atom. The van der Waals surface area contributed by atoms with E-state index in [1.807, 2.05) is 6.07 Å². The summed E-state index contributed by atoms with van der Waals surface area (Å²) in [5.74, 6) is -0.577. The molecule has 1 heterocycles. The van der Waals surface area contributed by atoms with Gasteiger partial charge in [-0.2, -0.15) is 5.10 Å². The standard InChI is InChI=1S/C16H13FN4O2/c17-12-6-5-9(8-14(12)19-16(18)23)7-13-10-3-1-2-4-11(10)15(22)21-20-13/h1-6,8H,7H2,(H,21,22)(H3,18,19,23). The zero-order chi connectivity index (χ0) is 16.4. The highest BCUT2D eigenvalue weighted by molar-refractivity contribution is 5.88. The van der Waals surface area contributed by atoms with Gasteiger partial charge in [0.05, 0.1) is 16.8 Å². The largest absolute Gasteiger partial charge is 0.351 e. The number of nitrogens with one attached hydrogen (secondary N) is 2. The first kappa shape index (κ1) is 14.7. The lowest BCUT2D eigenvalue weighted by Gasteiger charge is -2.08. The minimum absolute atomic E-state index is 0.00345. The van der Waals surface area contributed by atoms with Crippen molar-refractivity contribution in [3.8, 4) is 0 Å². The lowest BCUT2D eigenvalue weighted by atomic mass is 10.0. The number of anilines is 1. The van der Waals surface area contributed by atoms with Gasteiger partial charge in [0.25, 0.3) is 5.56 Å². The normalized spacial score (nSPS) is 10.7. The number of carbonyl (C=O) groups is 1. The summed E-state index contributed by atoms with van der Waals surface area (Å²) in [5.41, 5.74) is 6.13. The first-order chi connectivity index (χ1) is 11.0. The number of halogens is 1. The molecule has 116 valence electrons. The molecule has 0 bridgehead atoms. The maximum Gasteiger partial charge on any atom is 0.316 e. The van der Waals surface area contributed by atoms with Crippen molar-refractivity contribution in [1.82, 2.24) is 10.2 Å². The van der Waals surface area contributed by atoms with Crippen molar-refractivity contribution < 1.29 is 9.18 Å². The number of hydrogen-bond acceptors (Lipinski definition) is 3. The van der Waals surface area contributed by atoms with Gasteiger partial charge in [0.2, 0.25) is 0 Å². The number of fused-ring (bicyclic) bond motifs is 1. The van der Waals surface area contributed by atoms with Gasteiger partial charge in [0, 0.05) is 11.8 Å². The summed E-state index contributed by atoms with van der Waals surface area (Å²) < 4.78 is 13.6. The summed E-state index contributed by atoms with van der Waals surface area (Å²) in [7, 11) is 0. The highest BCUT2D eigenvalue weighted by atomic mass is 19.1. The van der Waals surface area contributed by atoms with E-state index in [2.05, 4.69) is 15.5 Å². The number of benzene rings is 2. The number of aromatic nitrogens is 2. The maximum absolute atomic E-state index is 13.6. The van der Waals surface area contributed by atoms with Crippen molar-refractivity contribution in [2.45, 2.75) is 6.42 Å². The number of primary amides is 1. The first-order valence-corrected chi connectivity index (χ1v) is 6.86. The van der Waals surface area contributed by atoms with Crippen LogP contribution in [-0.2, 0) is 6.42 Å². The molecule has 0 aliphatic carbocycles. The highest BCUT2D eigenvalue weighted by Gasteiger charge is 2.10. The van der Waals surface area contributed by atoms with Gasteiger partial charge in [-0.15, -0.1) is 0 Å². The zero-order valence-corrected chi connectivity index (χ0v) is 12.0. The van der Waals surface area contributed by atoms with E-state index in [0.717, 1.165) is 10.9 Å². The van der Waals surface area contributed by atoms with Crippen LogP contribution < -0.4 is 16.6 Å². The number of amides is 2. The topological polar surface area (TPSA) is 101 Å². The third kappa shape index (κ3) is 3.03. The Morgan fingerprint density at radius 2 is 1.96 bits per heavy atom. The monoisotopic (exact) mass is 312 g/mol. The number of rotatable bonds is 3.